The summed E-state index contributed by atoms with van der Waals surface area (Å²) in [4.78, 5) is 14.0. The van der Waals surface area contributed by atoms with Crippen LogP contribution in [0, 0.1) is 5.82 Å². The number of benzene rings is 2. The SMILES string of the molecule is O=C(Cc1ccccc1F)N1CCC(c2ccccc2Cl)S(=O)(=O)CC1. The molecule has 4 nitrogen and oxygen atoms in total. The number of hydrogen-bond donors (Lipinski definition) is 0. The predicted molar refractivity (Wildman–Crippen MR) is 99.3 cm³/mol. The van der Waals surface area contributed by atoms with Gasteiger partial charge in [0.15, 0.2) is 9.84 Å². The van der Waals surface area contributed by atoms with E-state index < -0.39 is 20.9 Å². The molecule has 1 unspecified atom stereocenters. The molecule has 26 heavy (non-hydrogen) atoms. The van der Waals surface area contributed by atoms with E-state index in [-0.39, 0.29) is 31.0 Å². The Labute approximate surface area is 157 Å². The smallest absolute Gasteiger partial charge is 0.227 e. The standard InChI is InChI=1S/C19H19ClFNO3S/c20-16-7-3-2-6-15(16)18-9-10-22(11-12-26(18,24)25)19(23)13-14-5-1-4-8-17(14)21/h1-8,18H,9-13H2. The van der Waals surface area contributed by atoms with Crippen LogP contribution < -0.4 is 0 Å². The first-order valence-corrected chi connectivity index (χ1v) is 10.4. The minimum Gasteiger partial charge on any atom is -0.341 e. The van der Waals surface area contributed by atoms with Crippen molar-refractivity contribution >= 4 is 27.3 Å². The van der Waals surface area contributed by atoms with Crippen LogP contribution in [0.1, 0.15) is 22.8 Å². The van der Waals surface area contributed by atoms with Crippen molar-refractivity contribution in [3.05, 3.63) is 70.5 Å². The lowest BCUT2D eigenvalue weighted by molar-refractivity contribution is -0.130. The second-order valence-electron chi connectivity index (χ2n) is 6.31. The van der Waals surface area contributed by atoms with Crippen molar-refractivity contribution in [2.24, 2.45) is 0 Å². The molecule has 138 valence electrons. The number of hydrogen-bond acceptors (Lipinski definition) is 3. The molecule has 2 aromatic rings. The normalized spacial score (nSPS) is 19.8. The maximum atomic E-state index is 13.8. The molecule has 0 aliphatic carbocycles. The second kappa shape index (κ2) is 7.76. The fourth-order valence-electron chi connectivity index (χ4n) is 3.20. The van der Waals surface area contributed by atoms with E-state index in [2.05, 4.69) is 0 Å². The van der Waals surface area contributed by atoms with Gasteiger partial charge < -0.3 is 4.90 Å². The zero-order valence-corrected chi connectivity index (χ0v) is 15.6. The highest BCUT2D eigenvalue weighted by Gasteiger charge is 2.33. The van der Waals surface area contributed by atoms with Crippen LogP contribution in [0.5, 0.6) is 0 Å². The lowest BCUT2D eigenvalue weighted by Crippen LogP contribution is -2.34. The molecule has 1 amide bonds. The summed E-state index contributed by atoms with van der Waals surface area (Å²) in [6.45, 7) is 0.402. The first-order chi connectivity index (χ1) is 12.4. The van der Waals surface area contributed by atoms with Crippen LogP contribution in [-0.4, -0.2) is 38.1 Å². The number of amides is 1. The summed E-state index contributed by atoms with van der Waals surface area (Å²) in [5.41, 5.74) is 0.879. The molecule has 2 aromatic carbocycles. The highest BCUT2D eigenvalue weighted by molar-refractivity contribution is 7.91. The molecule has 1 aliphatic rings. The summed E-state index contributed by atoms with van der Waals surface area (Å²) >= 11 is 6.18. The second-order valence-corrected chi connectivity index (χ2v) is 9.02. The van der Waals surface area contributed by atoms with E-state index in [1.54, 1.807) is 42.5 Å². The van der Waals surface area contributed by atoms with Crippen LogP contribution in [0.25, 0.3) is 0 Å². The zero-order valence-electron chi connectivity index (χ0n) is 14.1. The van der Waals surface area contributed by atoms with E-state index in [0.29, 0.717) is 22.7 Å². The fraction of sp³-hybridized carbons (Fsp3) is 0.316. The predicted octanol–water partition coefficient (Wildman–Crippen LogP) is 3.41. The average Bonchev–Trinajstić information content (AvgIpc) is 2.76. The molecular weight excluding hydrogens is 377 g/mol. The molecular formula is C19H19ClFNO3S. The number of nitrogens with zero attached hydrogens (tertiary/aromatic N) is 1. The van der Waals surface area contributed by atoms with Gasteiger partial charge in [-0.3, -0.25) is 4.79 Å². The summed E-state index contributed by atoms with van der Waals surface area (Å²) in [7, 11) is -3.44. The van der Waals surface area contributed by atoms with E-state index in [4.69, 9.17) is 11.6 Å². The Bertz CT molecular complexity index is 917. The maximum absolute atomic E-state index is 13.8. The molecule has 3 rings (SSSR count). The van der Waals surface area contributed by atoms with Crippen molar-refractivity contribution in [1.82, 2.24) is 4.90 Å². The highest BCUT2D eigenvalue weighted by atomic mass is 35.5. The summed E-state index contributed by atoms with van der Waals surface area (Å²) < 4.78 is 39.1. The quantitative estimate of drug-likeness (QED) is 0.800. The third-order valence-corrected chi connectivity index (χ3v) is 7.10. The Kier molecular flexibility index (Phi) is 5.63. The summed E-state index contributed by atoms with van der Waals surface area (Å²) in [6, 6.07) is 13.0. The Balaban J connectivity index is 1.77. The largest absolute Gasteiger partial charge is 0.341 e. The van der Waals surface area contributed by atoms with Gasteiger partial charge in [-0.15, -0.1) is 0 Å². The molecule has 0 saturated carbocycles. The maximum Gasteiger partial charge on any atom is 0.227 e. The van der Waals surface area contributed by atoms with Gasteiger partial charge >= 0.3 is 0 Å². The fourth-order valence-corrected chi connectivity index (χ4v) is 5.34. The van der Waals surface area contributed by atoms with Crippen molar-refractivity contribution in [3.63, 3.8) is 0 Å². The van der Waals surface area contributed by atoms with Gasteiger partial charge in [0.2, 0.25) is 5.91 Å². The van der Waals surface area contributed by atoms with Gasteiger partial charge in [0.05, 0.1) is 17.4 Å². The molecule has 1 atom stereocenters. The third-order valence-electron chi connectivity index (χ3n) is 4.64. The van der Waals surface area contributed by atoms with Gasteiger partial charge in [-0.25, -0.2) is 12.8 Å². The molecule has 0 radical (unpaired) electrons. The summed E-state index contributed by atoms with van der Waals surface area (Å²) in [5, 5.41) is -0.324. The lowest BCUT2D eigenvalue weighted by Gasteiger charge is -2.20. The van der Waals surface area contributed by atoms with Crippen molar-refractivity contribution in [2.45, 2.75) is 18.1 Å². The third kappa shape index (κ3) is 4.07. The van der Waals surface area contributed by atoms with E-state index in [1.807, 2.05) is 0 Å². The van der Waals surface area contributed by atoms with Crippen molar-refractivity contribution in [3.8, 4) is 0 Å². The van der Waals surface area contributed by atoms with E-state index in [9.17, 15) is 17.6 Å². The first kappa shape index (κ1) is 18.9. The van der Waals surface area contributed by atoms with Crippen LogP contribution in [0.2, 0.25) is 5.02 Å². The number of sulfone groups is 1. The molecule has 1 fully saturated rings. The molecule has 1 heterocycles. The Morgan fingerprint density at radius 1 is 1.12 bits per heavy atom. The lowest BCUT2D eigenvalue weighted by atomic mass is 10.1. The van der Waals surface area contributed by atoms with Gasteiger partial charge in [-0.1, -0.05) is 48.0 Å². The molecule has 1 saturated heterocycles. The van der Waals surface area contributed by atoms with E-state index in [1.165, 1.54) is 11.0 Å². The highest BCUT2D eigenvalue weighted by Crippen LogP contribution is 2.33. The number of carbonyl (C=O) groups is 1. The van der Waals surface area contributed by atoms with Crippen LogP contribution in [0.15, 0.2) is 48.5 Å². The minimum atomic E-state index is -3.44. The topological polar surface area (TPSA) is 54.5 Å². The Morgan fingerprint density at radius 2 is 1.81 bits per heavy atom. The van der Waals surface area contributed by atoms with E-state index in [0.717, 1.165) is 0 Å². The van der Waals surface area contributed by atoms with Crippen molar-refractivity contribution in [1.29, 1.82) is 0 Å². The molecule has 7 heteroatoms. The molecule has 0 N–H and O–H groups in total. The average molecular weight is 396 g/mol. The van der Waals surface area contributed by atoms with Gasteiger partial charge in [-0.2, -0.15) is 0 Å². The van der Waals surface area contributed by atoms with Crippen LogP contribution in [0.4, 0.5) is 4.39 Å². The first-order valence-electron chi connectivity index (χ1n) is 8.35. The zero-order chi connectivity index (χ0) is 18.7. The van der Waals surface area contributed by atoms with Crippen LogP contribution >= 0.6 is 11.6 Å². The molecule has 0 spiro atoms. The van der Waals surface area contributed by atoms with Crippen molar-refractivity contribution in [2.75, 3.05) is 18.8 Å². The Hall–Kier alpha value is -1.92. The van der Waals surface area contributed by atoms with Crippen molar-refractivity contribution < 1.29 is 17.6 Å². The summed E-state index contributed by atoms with van der Waals surface area (Å²) in [5.74, 6) is -0.839. The number of halogens is 2. The van der Waals surface area contributed by atoms with Gasteiger partial charge in [0, 0.05) is 18.1 Å². The van der Waals surface area contributed by atoms with Crippen LogP contribution in [0.3, 0.4) is 0 Å². The molecule has 1 aliphatic heterocycles. The number of rotatable bonds is 3. The summed E-state index contributed by atoms with van der Waals surface area (Å²) in [6.07, 6.45) is 0.193. The van der Waals surface area contributed by atoms with Gasteiger partial charge in [-0.05, 0) is 29.7 Å². The molecule has 0 aromatic heterocycles. The van der Waals surface area contributed by atoms with Gasteiger partial charge in [0.25, 0.3) is 0 Å². The van der Waals surface area contributed by atoms with E-state index >= 15 is 0 Å². The molecule has 0 bridgehead atoms. The Morgan fingerprint density at radius 3 is 2.54 bits per heavy atom. The van der Waals surface area contributed by atoms with Crippen LogP contribution in [-0.2, 0) is 21.1 Å². The van der Waals surface area contributed by atoms with Gasteiger partial charge in [0.1, 0.15) is 5.82 Å². The minimum absolute atomic E-state index is 0.0799. The monoisotopic (exact) mass is 395 g/mol. The number of carbonyl (C=O) groups excluding carboxylic acids is 1.